The minimum atomic E-state index is -0.354. The fourth-order valence-corrected chi connectivity index (χ4v) is 3.18. The summed E-state index contributed by atoms with van der Waals surface area (Å²) in [7, 11) is 1.55. The van der Waals surface area contributed by atoms with E-state index < -0.39 is 0 Å². The van der Waals surface area contributed by atoms with Crippen LogP contribution in [0.25, 0.3) is 0 Å². The van der Waals surface area contributed by atoms with Crippen molar-refractivity contribution in [3.63, 3.8) is 0 Å². The highest BCUT2D eigenvalue weighted by Gasteiger charge is 2.36. The van der Waals surface area contributed by atoms with Gasteiger partial charge in [-0.2, -0.15) is 0 Å². The van der Waals surface area contributed by atoms with Crippen LogP contribution in [-0.2, 0) is 9.59 Å². The summed E-state index contributed by atoms with van der Waals surface area (Å²) in [6.45, 7) is 7.84. The molecule has 0 spiro atoms. The number of rotatable bonds is 8. The summed E-state index contributed by atoms with van der Waals surface area (Å²) in [6, 6.07) is 5.13. The van der Waals surface area contributed by atoms with Gasteiger partial charge in [-0.1, -0.05) is 25.4 Å². The molecular formula is C18H26ClN3O3. The predicted octanol–water partition coefficient (Wildman–Crippen LogP) is 2.16. The van der Waals surface area contributed by atoms with Crippen LogP contribution in [0.3, 0.4) is 0 Å². The summed E-state index contributed by atoms with van der Waals surface area (Å²) in [5, 5.41) is 3.46. The van der Waals surface area contributed by atoms with Crippen molar-refractivity contribution in [3.8, 4) is 5.75 Å². The van der Waals surface area contributed by atoms with Crippen LogP contribution in [0.15, 0.2) is 18.2 Å². The molecule has 1 aliphatic heterocycles. The van der Waals surface area contributed by atoms with Gasteiger partial charge in [0.2, 0.25) is 11.8 Å². The van der Waals surface area contributed by atoms with Gasteiger partial charge in [-0.05, 0) is 31.3 Å². The van der Waals surface area contributed by atoms with Gasteiger partial charge in [-0.3, -0.25) is 9.59 Å². The van der Waals surface area contributed by atoms with Crippen LogP contribution in [0.5, 0.6) is 5.75 Å². The Hall–Kier alpha value is -1.79. The van der Waals surface area contributed by atoms with Crippen molar-refractivity contribution in [2.45, 2.75) is 20.3 Å². The predicted molar refractivity (Wildman–Crippen MR) is 99.3 cm³/mol. The lowest BCUT2D eigenvalue weighted by molar-refractivity contribution is -0.126. The number of hydrogen-bond donors (Lipinski definition) is 1. The summed E-state index contributed by atoms with van der Waals surface area (Å²) < 4.78 is 5.31. The summed E-state index contributed by atoms with van der Waals surface area (Å²) in [6.07, 6.45) is 0.201. The molecule has 7 heteroatoms. The number of halogens is 1. The first-order valence-electron chi connectivity index (χ1n) is 8.64. The second-order valence-electron chi connectivity index (χ2n) is 6.04. The van der Waals surface area contributed by atoms with Gasteiger partial charge in [0.25, 0.3) is 0 Å². The topological polar surface area (TPSA) is 61.9 Å². The molecule has 2 amide bonds. The number of ether oxygens (including phenoxy) is 1. The van der Waals surface area contributed by atoms with Crippen molar-refractivity contribution in [3.05, 3.63) is 23.2 Å². The van der Waals surface area contributed by atoms with Crippen molar-refractivity contribution >= 4 is 29.1 Å². The number of carbonyl (C=O) groups is 2. The molecule has 1 fully saturated rings. The zero-order chi connectivity index (χ0) is 18.4. The van der Waals surface area contributed by atoms with E-state index in [4.69, 9.17) is 16.3 Å². The average molecular weight is 368 g/mol. The molecule has 25 heavy (non-hydrogen) atoms. The molecule has 1 aromatic carbocycles. The highest BCUT2D eigenvalue weighted by molar-refractivity contribution is 6.31. The van der Waals surface area contributed by atoms with Crippen molar-refractivity contribution in [2.75, 3.05) is 44.7 Å². The van der Waals surface area contributed by atoms with E-state index in [-0.39, 0.29) is 24.2 Å². The number of hydrogen-bond acceptors (Lipinski definition) is 4. The number of nitrogens with one attached hydrogen (secondary N) is 1. The monoisotopic (exact) mass is 367 g/mol. The Bertz CT molecular complexity index is 620. The summed E-state index contributed by atoms with van der Waals surface area (Å²) in [4.78, 5) is 28.6. The minimum absolute atomic E-state index is 0.0796. The lowest BCUT2D eigenvalue weighted by Gasteiger charge is -2.20. The van der Waals surface area contributed by atoms with Gasteiger partial charge in [-0.25, -0.2) is 0 Å². The smallest absolute Gasteiger partial charge is 0.227 e. The number of nitrogens with zero attached hydrogens (tertiary/aromatic N) is 2. The quantitative estimate of drug-likeness (QED) is 0.764. The van der Waals surface area contributed by atoms with Crippen LogP contribution in [0, 0.1) is 5.92 Å². The van der Waals surface area contributed by atoms with Crippen molar-refractivity contribution in [2.24, 2.45) is 5.92 Å². The third-order valence-corrected chi connectivity index (χ3v) is 4.78. The fraction of sp³-hybridized carbons (Fsp3) is 0.556. The summed E-state index contributed by atoms with van der Waals surface area (Å²) >= 11 is 6.05. The van der Waals surface area contributed by atoms with Crippen LogP contribution in [0.1, 0.15) is 20.3 Å². The molecule has 2 rings (SSSR count). The second kappa shape index (κ2) is 9.06. The molecule has 1 N–H and O–H groups in total. The normalized spacial score (nSPS) is 17.2. The molecule has 0 aromatic heterocycles. The van der Waals surface area contributed by atoms with E-state index in [9.17, 15) is 9.59 Å². The average Bonchev–Trinajstić information content (AvgIpc) is 3.00. The van der Waals surface area contributed by atoms with Gasteiger partial charge in [0.05, 0.1) is 18.7 Å². The van der Waals surface area contributed by atoms with Gasteiger partial charge >= 0.3 is 0 Å². The molecule has 1 aliphatic rings. The van der Waals surface area contributed by atoms with E-state index in [1.807, 2.05) is 0 Å². The first-order chi connectivity index (χ1) is 12.0. The Kier molecular flexibility index (Phi) is 7.08. The van der Waals surface area contributed by atoms with Crippen LogP contribution < -0.4 is 15.0 Å². The van der Waals surface area contributed by atoms with E-state index in [1.165, 1.54) is 0 Å². The van der Waals surface area contributed by atoms with E-state index in [1.54, 1.807) is 30.2 Å². The highest BCUT2D eigenvalue weighted by Crippen LogP contribution is 2.35. The number of anilines is 1. The highest BCUT2D eigenvalue weighted by atomic mass is 35.5. The molecule has 0 bridgehead atoms. The molecule has 0 saturated carbocycles. The zero-order valence-corrected chi connectivity index (χ0v) is 15.8. The van der Waals surface area contributed by atoms with E-state index >= 15 is 0 Å². The van der Waals surface area contributed by atoms with Crippen molar-refractivity contribution < 1.29 is 14.3 Å². The Labute approximate surface area is 154 Å². The molecular weight excluding hydrogens is 342 g/mol. The standard InChI is InChI=1S/C18H26ClN3O3/c1-4-21(5-2)9-8-20-18(24)13-10-17(23)22(12-13)15-11-14(19)6-7-16(15)25-3/h6-7,11,13H,4-5,8-10,12H2,1-3H3,(H,20,24). The van der Waals surface area contributed by atoms with Gasteiger partial charge in [0, 0.05) is 31.1 Å². The largest absolute Gasteiger partial charge is 0.495 e. The number of methoxy groups -OCH3 is 1. The van der Waals surface area contributed by atoms with E-state index in [0.29, 0.717) is 29.5 Å². The van der Waals surface area contributed by atoms with Crippen LogP contribution >= 0.6 is 11.6 Å². The molecule has 138 valence electrons. The maximum absolute atomic E-state index is 12.4. The molecule has 1 atom stereocenters. The first kappa shape index (κ1) is 19.5. The lowest BCUT2D eigenvalue weighted by Crippen LogP contribution is -2.38. The summed E-state index contributed by atoms with van der Waals surface area (Å²) in [5.74, 6) is 0.0432. The Balaban J connectivity index is 1.98. The van der Waals surface area contributed by atoms with Gasteiger partial charge in [0.1, 0.15) is 5.75 Å². The lowest BCUT2D eigenvalue weighted by atomic mass is 10.1. The third-order valence-electron chi connectivity index (χ3n) is 4.55. The Morgan fingerprint density at radius 2 is 2.12 bits per heavy atom. The van der Waals surface area contributed by atoms with Crippen LogP contribution in [-0.4, -0.2) is 56.5 Å². The van der Waals surface area contributed by atoms with Crippen molar-refractivity contribution in [1.82, 2.24) is 10.2 Å². The van der Waals surface area contributed by atoms with Gasteiger partial charge in [0.15, 0.2) is 0 Å². The minimum Gasteiger partial charge on any atom is -0.495 e. The molecule has 1 heterocycles. The van der Waals surface area contributed by atoms with E-state index in [2.05, 4.69) is 24.1 Å². The van der Waals surface area contributed by atoms with Crippen molar-refractivity contribution in [1.29, 1.82) is 0 Å². The summed E-state index contributed by atoms with van der Waals surface area (Å²) in [5.41, 5.74) is 0.610. The molecule has 6 nitrogen and oxygen atoms in total. The Morgan fingerprint density at radius 3 is 2.76 bits per heavy atom. The van der Waals surface area contributed by atoms with Gasteiger partial charge < -0.3 is 19.9 Å². The third kappa shape index (κ3) is 4.86. The molecule has 0 radical (unpaired) electrons. The SMILES string of the molecule is CCN(CC)CCNC(=O)C1CC(=O)N(c2cc(Cl)ccc2OC)C1. The van der Waals surface area contributed by atoms with E-state index in [0.717, 1.165) is 19.6 Å². The number of amides is 2. The number of benzene rings is 1. The fourth-order valence-electron chi connectivity index (χ4n) is 3.01. The second-order valence-corrected chi connectivity index (χ2v) is 6.48. The molecule has 0 aliphatic carbocycles. The number of carbonyl (C=O) groups excluding carboxylic acids is 2. The van der Waals surface area contributed by atoms with Crippen LogP contribution in [0.4, 0.5) is 5.69 Å². The first-order valence-corrected chi connectivity index (χ1v) is 9.01. The van der Waals surface area contributed by atoms with Gasteiger partial charge in [-0.15, -0.1) is 0 Å². The maximum Gasteiger partial charge on any atom is 0.227 e. The maximum atomic E-state index is 12.4. The number of likely N-dealkylation sites (N-methyl/N-ethyl adjacent to an activating group) is 1. The molecule has 1 unspecified atom stereocenters. The zero-order valence-electron chi connectivity index (χ0n) is 15.0. The Morgan fingerprint density at radius 1 is 1.40 bits per heavy atom. The molecule has 1 saturated heterocycles. The van der Waals surface area contributed by atoms with Crippen LogP contribution in [0.2, 0.25) is 5.02 Å². The molecule has 1 aromatic rings.